The molecule has 0 aromatic rings. The van der Waals surface area contributed by atoms with Crippen molar-refractivity contribution in [3.8, 4) is 6.07 Å². The third-order valence-electron chi connectivity index (χ3n) is 5.59. The number of nitriles is 1. The highest BCUT2D eigenvalue weighted by molar-refractivity contribution is 5.13. The summed E-state index contributed by atoms with van der Waals surface area (Å²) in [6.45, 7) is 7.49. The molecule has 2 aliphatic rings. The Kier molecular flexibility index (Phi) is 4.53. The Morgan fingerprint density at radius 3 is 2.47 bits per heavy atom. The lowest BCUT2D eigenvalue weighted by Gasteiger charge is -2.46. The van der Waals surface area contributed by atoms with Crippen molar-refractivity contribution in [3.63, 3.8) is 0 Å². The van der Waals surface area contributed by atoms with Crippen LogP contribution in [-0.4, -0.2) is 35.2 Å². The number of nitrogens with zero attached hydrogens (tertiary/aromatic N) is 2. The van der Waals surface area contributed by atoms with Crippen LogP contribution in [0.25, 0.3) is 0 Å². The highest BCUT2D eigenvalue weighted by atomic mass is 16.3. The second-order valence-electron chi connectivity index (χ2n) is 6.70. The van der Waals surface area contributed by atoms with Crippen LogP contribution in [0.5, 0.6) is 0 Å². The van der Waals surface area contributed by atoms with Crippen LogP contribution in [0.3, 0.4) is 0 Å². The molecule has 0 bridgehead atoms. The quantitative estimate of drug-likeness (QED) is 0.834. The summed E-state index contributed by atoms with van der Waals surface area (Å²) in [5, 5.41) is 20.9. The van der Waals surface area contributed by atoms with Crippen molar-refractivity contribution in [3.05, 3.63) is 0 Å². The van der Waals surface area contributed by atoms with E-state index in [4.69, 9.17) is 0 Å². The molecular weight excluding hydrogens is 236 g/mol. The van der Waals surface area contributed by atoms with Crippen molar-refractivity contribution in [2.24, 2.45) is 11.3 Å². The minimum Gasteiger partial charge on any atom is -0.388 e. The lowest BCUT2D eigenvalue weighted by molar-refractivity contribution is -0.0868. The van der Waals surface area contributed by atoms with Gasteiger partial charge in [0.05, 0.1) is 17.1 Å². The molecule has 0 spiro atoms. The number of likely N-dealkylation sites (tertiary alicyclic amines) is 1. The van der Waals surface area contributed by atoms with Crippen molar-refractivity contribution < 1.29 is 5.11 Å². The normalized spacial score (nSPS) is 41.5. The summed E-state index contributed by atoms with van der Waals surface area (Å²) < 4.78 is 0. The van der Waals surface area contributed by atoms with Crippen LogP contribution >= 0.6 is 0 Å². The van der Waals surface area contributed by atoms with Gasteiger partial charge < -0.3 is 10.0 Å². The van der Waals surface area contributed by atoms with Crippen molar-refractivity contribution >= 4 is 0 Å². The van der Waals surface area contributed by atoms with Crippen LogP contribution < -0.4 is 0 Å². The highest BCUT2D eigenvalue weighted by Crippen LogP contribution is 2.50. The fourth-order valence-corrected chi connectivity index (χ4v) is 3.91. The summed E-state index contributed by atoms with van der Waals surface area (Å²) in [6.07, 6.45) is 6.53. The average Bonchev–Trinajstić information content (AvgIpc) is 2.63. The summed E-state index contributed by atoms with van der Waals surface area (Å²) in [6, 6.07) is 2.54. The molecule has 1 aliphatic heterocycles. The zero-order chi connectivity index (χ0) is 13.9. The van der Waals surface area contributed by atoms with E-state index in [1.807, 2.05) is 0 Å². The van der Waals surface area contributed by atoms with Gasteiger partial charge in [0.1, 0.15) is 0 Å². The molecule has 108 valence electrons. The van der Waals surface area contributed by atoms with Crippen LogP contribution in [0.1, 0.15) is 58.8 Å². The molecular formula is C16H28N2O. The first-order chi connectivity index (χ1) is 9.05. The molecule has 0 aromatic heterocycles. The molecule has 1 saturated heterocycles. The van der Waals surface area contributed by atoms with Gasteiger partial charge in [-0.15, -0.1) is 0 Å². The van der Waals surface area contributed by atoms with Gasteiger partial charge in [0.2, 0.25) is 0 Å². The lowest BCUT2D eigenvalue weighted by Crippen LogP contribution is -2.50. The fourth-order valence-electron chi connectivity index (χ4n) is 3.91. The van der Waals surface area contributed by atoms with Crippen LogP contribution in [-0.2, 0) is 0 Å². The minimum atomic E-state index is -0.758. The number of aliphatic hydroxyl groups is 1. The summed E-state index contributed by atoms with van der Waals surface area (Å²) in [5.74, 6) is 0.711. The Balaban J connectivity index is 2.15. The minimum absolute atomic E-state index is 0.483. The van der Waals surface area contributed by atoms with Crippen LogP contribution in [0, 0.1) is 22.7 Å². The topological polar surface area (TPSA) is 47.3 Å². The van der Waals surface area contributed by atoms with E-state index in [-0.39, 0.29) is 0 Å². The summed E-state index contributed by atoms with van der Waals surface area (Å²) >= 11 is 0. The molecule has 0 amide bonds. The molecule has 3 nitrogen and oxygen atoms in total. The largest absolute Gasteiger partial charge is 0.388 e. The number of rotatable bonds is 2. The highest BCUT2D eigenvalue weighted by Gasteiger charge is 2.51. The molecule has 1 heterocycles. The fraction of sp³-hybridized carbons (Fsp3) is 0.938. The third kappa shape index (κ3) is 2.80. The molecule has 1 saturated carbocycles. The molecule has 1 aliphatic carbocycles. The summed E-state index contributed by atoms with van der Waals surface area (Å²) in [7, 11) is 0. The van der Waals surface area contributed by atoms with Crippen LogP contribution in [0.4, 0.5) is 0 Å². The van der Waals surface area contributed by atoms with Crippen molar-refractivity contribution in [2.45, 2.75) is 64.4 Å². The maximum absolute atomic E-state index is 11.2. The van der Waals surface area contributed by atoms with E-state index in [9.17, 15) is 10.4 Å². The van der Waals surface area contributed by atoms with Crippen molar-refractivity contribution in [1.29, 1.82) is 5.26 Å². The predicted octanol–water partition coefficient (Wildman–Crippen LogP) is 2.94. The zero-order valence-corrected chi connectivity index (χ0v) is 12.5. The predicted molar refractivity (Wildman–Crippen MR) is 76.6 cm³/mol. The maximum atomic E-state index is 11.2. The Bertz CT molecular complexity index is 341. The first-order valence-corrected chi connectivity index (χ1v) is 7.91. The van der Waals surface area contributed by atoms with Gasteiger partial charge in [-0.3, -0.25) is 0 Å². The van der Waals surface area contributed by atoms with E-state index in [0.717, 1.165) is 64.6 Å². The molecule has 0 aromatic carbocycles. The van der Waals surface area contributed by atoms with Gasteiger partial charge >= 0.3 is 0 Å². The number of hydrogen-bond donors (Lipinski definition) is 1. The van der Waals surface area contributed by atoms with Crippen molar-refractivity contribution in [2.75, 3.05) is 19.6 Å². The zero-order valence-electron chi connectivity index (χ0n) is 12.5. The molecule has 1 N–H and O–H groups in total. The van der Waals surface area contributed by atoms with E-state index < -0.39 is 11.0 Å². The standard InChI is InChI=1S/C16H28N2O/c1-3-18-11-4-7-16(19,10-12-18)15(13-17)8-5-14(2)6-9-15/h14,19H,3-12H2,1-2H3. The Hall–Kier alpha value is -0.590. The van der Waals surface area contributed by atoms with Crippen LogP contribution in [0.2, 0.25) is 0 Å². The first kappa shape index (κ1) is 14.8. The molecule has 1 unspecified atom stereocenters. The van der Waals surface area contributed by atoms with E-state index >= 15 is 0 Å². The Morgan fingerprint density at radius 2 is 1.89 bits per heavy atom. The monoisotopic (exact) mass is 264 g/mol. The third-order valence-corrected chi connectivity index (χ3v) is 5.59. The van der Waals surface area contributed by atoms with Gasteiger partial charge in [0.15, 0.2) is 0 Å². The maximum Gasteiger partial charge on any atom is 0.0861 e. The molecule has 1 atom stereocenters. The van der Waals surface area contributed by atoms with Gasteiger partial charge in [-0.2, -0.15) is 5.26 Å². The van der Waals surface area contributed by atoms with Gasteiger partial charge in [0.25, 0.3) is 0 Å². The van der Waals surface area contributed by atoms with Gasteiger partial charge in [0, 0.05) is 6.54 Å². The van der Waals surface area contributed by atoms with E-state index in [0.29, 0.717) is 5.92 Å². The van der Waals surface area contributed by atoms with E-state index in [1.165, 1.54) is 0 Å². The smallest absolute Gasteiger partial charge is 0.0861 e. The van der Waals surface area contributed by atoms with Gasteiger partial charge in [-0.05, 0) is 64.0 Å². The molecule has 2 rings (SSSR count). The van der Waals surface area contributed by atoms with Crippen LogP contribution in [0.15, 0.2) is 0 Å². The van der Waals surface area contributed by atoms with Gasteiger partial charge in [-0.1, -0.05) is 13.8 Å². The average molecular weight is 264 g/mol. The molecule has 2 fully saturated rings. The lowest BCUT2D eigenvalue weighted by atomic mass is 9.60. The Morgan fingerprint density at radius 1 is 1.21 bits per heavy atom. The molecule has 0 radical (unpaired) electrons. The van der Waals surface area contributed by atoms with Crippen molar-refractivity contribution in [1.82, 2.24) is 4.90 Å². The molecule has 19 heavy (non-hydrogen) atoms. The van der Waals surface area contributed by atoms with E-state index in [2.05, 4.69) is 24.8 Å². The summed E-state index contributed by atoms with van der Waals surface area (Å²) in [4.78, 5) is 2.40. The second-order valence-corrected chi connectivity index (χ2v) is 6.70. The summed E-state index contributed by atoms with van der Waals surface area (Å²) in [5.41, 5.74) is -1.24. The SMILES string of the molecule is CCN1CCCC(O)(C2(C#N)CCC(C)CC2)CC1. The Labute approximate surface area is 117 Å². The van der Waals surface area contributed by atoms with E-state index in [1.54, 1.807) is 0 Å². The second kappa shape index (κ2) is 5.81. The van der Waals surface area contributed by atoms with Gasteiger partial charge in [-0.25, -0.2) is 0 Å². The molecule has 3 heteroatoms. The first-order valence-electron chi connectivity index (χ1n) is 7.91. The number of hydrogen-bond acceptors (Lipinski definition) is 3.